The molecule has 1 N–H and O–H groups in total. The first kappa shape index (κ1) is 18.3. The highest BCUT2D eigenvalue weighted by Crippen LogP contribution is 2.24. The van der Waals surface area contributed by atoms with E-state index in [1.807, 2.05) is 50.4 Å². The third-order valence-corrected chi connectivity index (χ3v) is 3.44. The molecule has 0 saturated carbocycles. The molecule has 0 bridgehead atoms. The molecule has 1 aromatic carbocycles. The molecular weight excluding hydrogens is 306 g/mol. The van der Waals surface area contributed by atoms with Gasteiger partial charge in [-0.3, -0.25) is 4.99 Å². The number of nitrogens with one attached hydrogen (secondary N) is 1. The van der Waals surface area contributed by atoms with Crippen LogP contribution in [-0.2, 0) is 0 Å². The number of nitrogens with zero attached hydrogens (tertiary/aromatic N) is 4. The second kappa shape index (κ2) is 9.34. The van der Waals surface area contributed by atoms with Crippen LogP contribution in [0.25, 0.3) is 0 Å². The average Bonchev–Trinajstić information content (AvgIpc) is 2.58. The number of thioether (sulfide) groups is 1. The Hall–Kier alpha value is -2.70. The summed E-state index contributed by atoms with van der Waals surface area (Å²) in [5, 5.41) is 19.7. The largest absolute Gasteiger partial charge is 0.339 e. The van der Waals surface area contributed by atoms with Gasteiger partial charge in [0.05, 0.1) is 0 Å². The molecule has 0 radical (unpaired) electrons. The topological polar surface area (TPSA) is 63.8 Å². The SMILES string of the molecule is C#C.CSC1=NCN(N=C(C)C)C(Nc2ccccc2)=C1C#N. The van der Waals surface area contributed by atoms with Crippen LogP contribution < -0.4 is 5.32 Å². The van der Waals surface area contributed by atoms with Crippen LogP contribution in [0.1, 0.15) is 13.8 Å². The lowest BCUT2D eigenvalue weighted by Crippen LogP contribution is -2.30. The summed E-state index contributed by atoms with van der Waals surface area (Å²) >= 11 is 1.47. The highest BCUT2D eigenvalue weighted by Gasteiger charge is 2.23. The van der Waals surface area contributed by atoms with Crippen molar-refractivity contribution in [3.8, 4) is 18.9 Å². The first-order valence-electron chi connectivity index (χ1n) is 6.83. The van der Waals surface area contributed by atoms with E-state index in [4.69, 9.17) is 0 Å². The summed E-state index contributed by atoms with van der Waals surface area (Å²) in [6.45, 7) is 4.24. The number of terminal acetylenes is 1. The number of benzene rings is 1. The van der Waals surface area contributed by atoms with E-state index >= 15 is 0 Å². The lowest BCUT2D eigenvalue weighted by Gasteiger charge is -2.27. The fourth-order valence-corrected chi connectivity index (χ4v) is 2.42. The second-order valence-electron chi connectivity index (χ2n) is 4.58. The highest BCUT2D eigenvalue weighted by atomic mass is 32.2. The van der Waals surface area contributed by atoms with Crippen molar-refractivity contribution in [1.29, 1.82) is 5.26 Å². The monoisotopic (exact) mass is 325 g/mol. The maximum absolute atomic E-state index is 9.48. The molecule has 0 aliphatic carbocycles. The van der Waals surface area contributed by atoms with Gasteiger partial charge in [-0.2, -0.15) is 10.4 Å². The van der Waals surface area contributed by atoms with E-state index in [0.717, 1.165) is 16.4 Å². The molecule has 1 aromatic rings. The summed E-state index contributed by atoms with van der Waals surface area (Å²) in [4.78, 5) is 4.40. The Morgan fingerprint density at radius 3 is 2.52 bits per heavy atom. The van der Waals surface area contributed by atoms with Crippen LogP contribution >= 0.6 is 11.8 Å². The first-order valence-corrected chi connectivity index (χ1v) is 8.06. The Kier molecular flexibility index (Phi) is 7.45. The molecule has 0 amide bonds. The fraction of sp³-hybridized carbons (Fsp3) is 0.235. The Morgan fingerprint density at radius 1 is 1.35 bits per heavy atom. The molecule has 6 heteroatoms. The Bertz CT molecular complexity index is 676. The van der Waals surface area contributed by atoms with Crippen molar-refractivity contribution >= 4 is 28.2 Å². The molecule has 0 unspecified atom stereocenters. The van der Waals surface area contributed by atoms with E-state index in [0.29, 0.717) is 18.1 Å². The number of rotatable bonds is 3. The summed E-state index contributed by atoms with van der Waals surface area (Å²) in [6.07, 6.45) is 9.92. The molecule has 118 valence electrons. The van der Waals surface area contributed by atoms with Gasteiger partial charge in [0.15, 0.2) is 0 Å². The van der Waals surface area contributed by atoms with Crippen LogP contribution in [0.2, 0.25) is 0 Å². The average molecular weight is 325 g/mol. The molecule has 2 rings (SSSR count). The number of aliphatic imine (C=N–C) groups is 1. The van der Waals surface area contributed by atoms with Gasteiger partial charge >= 0.3 is 0 Å². The van der Waals surface area contributed by atoms with E-state index < -0.39 is 0 Å². The van der Waals surface area contributed by atoms with Gasteiger partial charge in [0.1, 0.15) is 29.2 Å². The zero-order chi connectivity index (χ0) is 17.2. The zero-order valence-electron chi connectivity index (χ0n) is 13.4. The van der Waals surface area contributed by atoms with Crippen molar-refractivity contribution < 1.29 is 0 Å². The molecule has 23 heavy (non-hydrogen) atoms. The van der Waals surface area contributed by atoms with Crippen molar-refractivity contribution in [2.24, 2.45) is 10.1 Å². The van der Waals surface area contributed by atoms with Gasteiger partial charge in [0.25, 0.3) is 0 Å². The molecule has 1 heterocycles. The minimum atomic E-state index is 0.404. The standard InChI is InChI=1S/C15H17N5S.C2H2/c1-11(2)19-20-10-17-15(21-3)13(9-16)14(20)18-12-7-5-4-6-8-12;1-2/h4-8,18H,10H2,1-3H3;1-2H. The van der Waals surface area contributed by atoms with Gasteiger partial charge in [-0.1, -0.05) is 18.2 Å². The lowest BCUT2D eigenvalue weighted by atomic mass is 10.2. The minimum absolute atomic E-state index is 0.404. The van der Waals surface area contributed by atoms with E-state index in [2.05, 4.69) is 34.3 Å². The molecule has 0 saturated heterocycles. The number of nitriles is 1. The third-order valence-electron chi connectivity index (χ3n) is 2.72. The predicted molar refractivity (Wildman–Crippen MR) is 99.0 cm³/mol. The van der Waals surface area contributed by atoms with E-state index in [1.165, 1.54) is 11.8 Å². The lowest BCUT2D eigenvalue weighted by molar-refractivity contribution is 0.375. The summed E-state index contributed by atoms with van der Waals surface area (Å²) in [5.41, 5.74) is 2.33. The molecule has 0 atom stereocenters. The van der Waals surface area contributed by atoms with Crippen molar-refractivity contribution in [1.82, 2.24) is 5.01 Å². The molecule has 0 fully saturated rings. The summed E-state index contributed by atoms with van der Waals surface area (Å²) in [5.74, 6) is 0.671. The number of hydrogen-bond donors (Lipinski definition) is 1. The van der Waals surface area contributed by atoms with Gasteiger partial charge in [-0.25, -0.2) is 5.01 Å². The number of anilines is 1. The summed E-state index contributed by atoms with van der Waals surface area (Å²) < 4.78 is 0. The third kappa shape index (κ3) is 4.91. The van der Waals surface area contributed by atoms with Gasteiger partial charge < -0.3 is 5.32 Å². The molecule has 1 aliphatic heterocycles. The normalized spacial score (nSPS) is 13.2. The molecule has 0 aromatic heterocycles. The number of hydrazone groups is 1. The Labute approximate surface area is 141 Å². The zero-order valence-corrected chi connectivity index (χ0v) is 14.3. The smallest absolute Gasteiger partial charge is 0.150 e. The highest BCUT2D eigenvalue weighted by molar-refractivity contribution is 8.13. The van der Waals surface area contributed by atoms with Crippen LogP contribution in [0.5, 0.6) is 0 Å². The fourth-order valence-electron chi connectivity index (χ4n) is 1.89. The van der Waals surface area contributed by atoms with Gasteiger partial charge in [-0.05, 0) is 32.2 Å². The molecule has 0 spiro atoms. The second-order valence-corrected chi connectivity index (χ2v) is 5.38. The van der Waals surface area contributed by atoms with Crippen molar-refractivity contribution in [3.63, 3.8) is 0 Å². The number of para-hydroxylation sites is 1. The molecule has 5 nitrogen and oxygen atoms in total. The van der Waals surface area contributed by atoms with Crippen LogP contribution in [0.3, 0.4) is 0 Å². The predicted octanol–water partition coefficient (Wildman–Crippen LogP) is 3.51. The van der Waals surface area contributed by atoms with Crippen molar-refractivity contribution in [3.05, 3.63) is 41.7 Å². The van der Waals surface area contributed by atoms with Crippen LogP contribution in [0.4, 0.5) is 5.69 Å². The van der Waals surface area contributed by atoms with Crippen molar-refractivity contribution in [2.75, 3.05) is 18.2 Å². The Morgan fingerprint density at radius 2 is 2.00 bits per heavy atom. The summed E-state index contributed by atoms with van der Waals surface area (Å²) in [6, 6.07) is 12.0. The number of hydrogen-bond acceptors (Lipinski definition) is 6. The quantitative estimate of drug-likeness (QED) is 0.682. The minimum Gasteiger partial charge on any atom is -0.339 e. The van der Waals surface area contributed by atoms with Crippen LogP contribution in [0, 0.1) is 24.2 Å². The van der Waals surface area contributed by atoms with E-state index in [-0.39, 0.29) is 0 Å². The van der Waals surface area contributed by atoms with Gasteiger partial charge in [-0.15, -0.1) is 24.6 Å². The van der Waals surface area contributed by atoms with E-state index in [9.17, 15) is 5.26 Å². The van der Waals surface area contributed by atoms with Gasteiger partial charge in [0, 0.05) is 11.4 Å². The van der Waals surface area contributed by atoms with Crippen molar-refractivity contribution in [2.45, 2.75) is 13.8 Å². The first-order chi connectivity index (χ1) is 11.2. The van der Waals surface area contributed by atoms with Crippen LogP contribution in [-0.4, -0.2) is 28.7 Å². The Balaban J connectivity index is 0.00000127. The van der Waals surface area contributed by atoms with E-state index in [1.54, 1.807) is 5.01 Å². The van der Waals surface area contributed by atoms with Gasteiger partial charge in [0.2, 0.25) is 0 Å². The maximum Gasteiger partial charge on any atom is 0.150 e. The maximum atomic E-state index is 9.48. The van der Waals surface area contributed by atoms with Crippen LogP contribution in [0.15, 0.2) is 51.8 Å². The molecule has 1 aliphatic rings. The summed E-state index contributed by atoms with van der Waals surface area (Å²) in [7, 11) is 0. The molecular formula is C17H19N5S.